The van der Waals surface area contributed by atoms with Crippen molar-refractivity contribution >= 4 is 37.5 Å². The summed E-state index contributed by atoms with van der Waals surface area (Å²) in [4.78, 5) is 10.1. The number of aliphatic hydroxyl groups excluding tert-OH is 2. The Morgan fingerprint density at radius 2 is 1.74 bits per heavy atom. The molecule has 0 bridgehead atoms. The van der Waals surface area contributed by atoms with Gasteiger partial charge in [0.15, 0.2) is 12.1 Å². The molecule has 1 aliphatic rings. The quantitative estimate of drug-likeness (QED) is 0.267. The van der Waals surface area contributed by atoms with E-state index in [4.69, 9.17) is 16.0 Å². The average Bonchev–Trinajstić information content (AvgIpc) is 2.61. The third-order valence-corrected chi connectivity index (χ3v) is 5.81. The minimum atomic E-state index is -5.07. The molecule has 0 aromatic heterocycles. The molecular formula is C15H18N5O9S2. The van der Waals surface area contributed by atoms with E-state index in [0.29, 0.717) is 12.1 Å². The molecule has 31 heavy (non-hydrogen) atoms. The number of rotatable bonds is 7. The van der Waals surface area contributed by atoms with E-state index in [0.717, 1.165) is 11.0 Å². The van der Waals surface area contributed by atoms with Crippen molar-refractivity contribution in [3.63, 3.8) is 0 Å². The van der Waals surface area contributed by atoms with Crippen LogP contribution in [0.25, 0.3) is 0 Å². The largest absolute Gasteiger partial charge is 0.494 e. The van der Waals surface area contributed by atoms with Gasteiger partial charge >= 0.3 is 0 Å². The molecule has 1 aliphatic heterocycles. The molecule has 0 aliphatic carbocycles. The lowest BCUT2D eigenvalue weighted by atomic mass is 10.1. The van der Waals surface area contributed by atoms with Crippen LogP contribution in [-0.2, 0) is 25.0 Å². The fraction of sp³-hybridized carbons (Fsp3) is 0.267. The summed E-state index contributed by atoms with van der Waals surface area (Å²) >= 11 is 0. The van der Waals surface area contributed by atoms with Gasteiger partial charge in [0.25, 0.3) is 20.2 Å². The Kier molecular flexibility index (Phi) is 6.72. The fourth-order valence-corrected chi connectivity index (χ4v) is 3.97. The van der Waals surface area contributed by atoms with Crippen molar-refractivity contribution < 1.29 is 40.9 Å². The normalized spacial score (nSPS) is 17.9. The van der Waals surface area contributed by atoms with Gasteiger partial charge in [-0.05, 0) is 25.1 Å². The molecule has 0 saturated carbocycles. The maximum atomic E-state index is 11.6. The van der Waals surface area contributed by atoms with Crippen LogP contribution in [0.4, 0.5) is 11.4 Å². The number of carbonyl (C=O) groups is 1. The number of nitrogens with zero attached hydrogens (tertiary/aromatic N) is 3. The van der Waals surface area contributed by atoms with Gasteiger partial charge in [-0.25, -0.2) is 0 Å². The maximum absolute atomic E-state index is 11.6. The van der Waals surface area contributed by atoms with Crippen molar-refractivity contribution in [2.75, 3.05) is 6.54 Å². The zero-order valence-corrected chi connectivity index (χ0v) is 17.4. The molecule has 1 atom stereocenters. The van der Waals surface area contributed by atoms with Crippen molar-refractivity contribution in [1.82, 2.24) is 10.6 Å². The molecule has 16 heteroatoms. The van der Waals surface area contributed by atoms with Crippen molar-refractivity contribution in [2.24, 2.45) is 16.0 Å². The number of nitrogens with two attached hydrogens (primary N) is 1. The van der Waals surface area contributed by atoms with E-state index in [-0.39, 0.29) is 17.8 Å². The molecule has 0 fully saturated rings. The summed E-state index contributed by atoms with van der Waals surface area (Å²) in [6, 6.07) is 0.941. The Hall–Kier alpha value is -3.05. The first-order valence-electron chi connectivity index (χ1n) is 8.29. The zero-order valence-electron chi connectivity index (χ0n) is 15.8. The Balaban J connectivity index is 2.63. The van der Waals surface area contributed by atoms with Crippen LogP contribution < -0.4 is 11.5 Å². The standard InChI is InChI=1S/C15H18N5O9S2/c1-2-20-14(22)7(4-13(17)21)3-10(15(20)23)19-18-9-5-8(16)11(30(24,25)26)6-12(9)31(27,28)29/h3,5-6,15-16,22-23H,2,4H2,1H3,(H2,17,21)(H,24,25,26)(H,27,28,29). The number of carbonyl (C=O) groups excluding carboxylic acids is 1. The highest BCUT2D eigenvalue weighted by Crippen LogP contribution is 2.34. The molecule has 1 heterocycles. The SMILES string of the molecule is CCN1C(O)=C(CC(N)=O)C=C(N=Nc2cc([NH])c(S(=O)(=O)O)cc2S(=O)(=O)O)C1O. The van der Waals surface area contributed by atoms with Gasteiger partial charge in [0.05, 0.1) is 12.1 Å². The van der Waals surface area contributed by atoms with Gasteiger partial charge in [0.2, 0.25) is 5.91 Å². The predicted molar refractivity (Wildman–Crippen MR) is 103 cm³/mol. The molecule has 1 aromatic rings. The molecule has 7 N–H and O–H groups in total. The minimum Gasteiger partial charge on any atom is -0.494 e. The van der Waals surface area contributed by atoms with Crippen LogP contribution in [-0.4, -0.2) is 59.7 Å². The summed E-state index contributed by atoms with van der Waals surface area (Å²) < 4.78 is 64.3. The van der Waals surface area contributed by atoms with E-state index in [1.165, 1.54) is 0 Å². The topological polar surface area (TPSA) is 244 Å². The maximum Gasteiger partial charge on any atom is 0.296 e. The molecule has 0 spiro atoms. The predicted octanol–water partition coefficient (Wildman–Crippen LogP) is 0.361. The smallest absolute Gasteiger partial charge is 0.296 e. The monoisotopic (exact) mass is 476 g/mol. The van der Waals surface area contributed by atoms with Crippen molar-refractivity contribution in [3.8, 4) is 0 Å². The lowest BCUT2D eigenvalue weighted by molar-refractivity contribution is -0.117. The van der Waals surface area contributed by atoms with Gasteiger partial charge < -0.3 is 20.8 Å². The van der Waals surface area contributed by atoms with Crippen LogP contribution in [0.5, 0.6) is 0 Å². The second kappa shape index (κ2) is 8.60. The molecule has 1 aromatic carbocycles. The number of aliphatic hydroxyl groups is 2. The lowest BCUT2D eigenvalue weighted by Gasteiger charge is -2.32. The number of hydrogen-bond acceptors (Lipinski definition) is 10. The molecule has 0 saturated heterocycles. The summed E-state index contributed by atoms with van der Waals surface area (Å²) in [7, 11) is -10.0. The van der Waals surface area contributed by atoms with Gasteiger partial charge in [-0.15, -0.1) is 5.11 Å². The number of nitrogens with one attached hydrogen (secondary N) is 1. The average molecular weight is 476 g/mol. The number of amides is 1. The van der Waals surface area contributed by atoms with Gasteiger partial charge in [0, 0.05) is 12.1 Å². The Morgan fingerprint density at radius 3 is 2.23 bits per heavy atom. The Labute approximate surface area is 176 Å². The summed E-state index contributed by atoms with van der Waals surface area (Å²) in [6.45, 7) is 1.64. The molecule has 169 valence electrons. The molecule has 2 rings (SSSR count). The second-order valence-corrected chi connectivity index (χ2v) is 8.97. The molecule has 1 amide bonds. The van der Waals surface area contributed by atoms with E-state index >= 15 is 0 Å². The Morgan fingerprint density at radius 1 is 1.16 bits per heavy atom. The third-order valence-electron chi connectivity index (χ3n) is 4.04. The van der Waals surface area contributed by atoms with Gasteiger partial charge in [0.1, 0.15) is 21.2 Å². The highest BCUT2D eigenvalue weighted by molar-refractivity contribution is 7.86. The number of allylic oxidation sites excluding steroid dienone is 1. The summed E-state index contributed by atoms with van der Waals surface area (Å²) in [5.41, 5.74) is 11.0. The van der Waals surface area contributed by atoms with Crippen LogP contribution in [0.2, 0.25) is 0 Å². The number of primary amides is 1. The third kappa shape index (κ3) is 5.36. The van der Waals surface area contributed by atoms with Crippen LogP contribution >= 0.6 is 0 Å². The van der Waals surface area contributed by atoms with E-state index in [2.05, 4.69) is 10.2 Å². The lowest BCUT2D eigenvalue weighted by Crippen LogP contribution is -2.38. The van der Waals surface area contributed by atoms with E-state index in [1.54, 1.807) is 6.92 Å². The first kappa shape index (κ1) is 24.2. The zero-order chi connectivity index (χ0) is 23.7. The molecule has 1 unspecified atom stereocenters. The van der Waals surface area contributed by atoms with E-state index < -0.39 is 65.8 Å². The summed E-state index contributed by atoms with van der Waals surface area (Å²) in [5.74, 6) is -1.23. The van der Waals surface area contributed by atoms with Gasteiger partial charge in [-0.3, -0.25) is 19.6 Å². The van der Waals surface area contributed by atoms with E-state index in [9.17, 15) is 36.4 Å². The first-order valence-corrected chi connectivity index (χ1v) is 11.2. The first-order chi connectivity index (χ1) is 14.2. The summed E-state index contributed by atoms with van der Waals surface area (Å²) in [5, 5.41) is 27.7. The van der Waals surface area contributed by atoms with Gasteiger partial charge in [-0.1, -0.05) is 0 Å². The van der Waals surface area contributed by atoms with Crippen molar-refractivity contribution in [3.05, 3.63) is 35.4 Å². The van der Waals surface area contributed by atoms with Crippen LogP contribution in [0.3, 0.4) is 0 Å². The number of likely N-dealkylation sites (N-methyl/N-ethyl adjacent to an activating group) is 1. The second-order valence-electron chi connectivity index (χ2n) is 6.19. The van der Waals surface area contributed by atoms with Crippen LogP contribution in [0, 0.1) is 0 Å². The molecule has 14 nitrogen and oxygen atoms in total. The Bertz CT molecular complexity index is 1220. The van der Waals surface area contributed by atoms with Crippen LogP contribution in [0.15, 0.2) is 55.4 Å². The van der Waals surface area contributed by atoms with Gasteiger partial charge in [-0.2, -0.15) is 21.9 Å². The van der Waals surface area contributed by atoms with E-state index in [1.807, 2.05) is 0 Å². The van der Waals surface area contributed by atoms with Crippen molar-refractivity contribution in [2.45, 2.75) is 29.4 Å². The number of hydrogen-bond donors (Lipinski definition) is 5. The number of azo groups is 1. The number of benzene rings is 1. The molecular weight excluding hydrogens is 458 g/mol. The van der Waals surface area contributed by atoms with Crippen LogP contribution in [0.1, 0.15) is 13.3 Å². The highest BCUT2D eigenvalue weighted by Gasteiger charge is 2.29. The fourth-order valence-electron chi connectivity index (χ4n) is 2.66. The summed E-state index contributed by atoms with van der Waals surface area (Å²) in [6.07, 6.45) is -0.890. The molecule has 1 radical (unpaired) electrons. The van der Waals surface area contributed by atoms with Crippen molar-refractivity contribution in [1.29, 1.82) is 0 Å². The highest BCUT2D eigenvalue weighted by atomic mass is 32.2. The minimum absolute atomic E-state index is 0.00787.